The van der Waals surface area contributed by atoms with Gasteiger partial charge in [-0.1, -0.05) is 6.07 Å². The van der Waals surface area contributed by atoms with Gasteiger partial charge in [0.05, 0.1) is 40.8 Å². The summed E-state index contributed by atoms with van der Waals surface area (Å²) in [6.45, 7) is 0. The first-order chi connectivity index (χ1) is 15.0. The van der Waals surface area contributed by atoms with E-state index < -0.39 is 23.6 Å². The first-order valence-corrected chi connectivity index (χ1v) is 9.62. The van der Waals surface area contributed by atoms with Gasteiger partial charge in [-0.15, -0.1) is 0 Å². The van der Waals surface area contributed by atoms with Crippen LogP contribution < -0.4 is 5.32 Å². The van der Waals surface area contributed by atoms with Gasteiger partial charge in [0.2, 0.25) is 5.95 Å². The maximum atomic E-state index is 14.5. The van der Waals surface area contributed by atoms with Gasteiger partial charge in [-0.2, -0.15) is 10.4 Å². The fourth-order valence-corrected chi connectivity index (χ4v) is 3.11. The molecule has 0 aliphatic heterocycles. The minimum Gasteiger partial charge on any atom is -0.321 e. The van der Waals surface area contributed by atoms with Crippen LogP contribution in [0.2, 0.25) is 0 Å². The Balaban J connectivity index is 1.64. The Morgan fingerprint density at radius 2 is 2.13 bits per heavy atom. The third-order valence-corrected chi connectivity index (χ3v) is 4.84. The lowest BCUT2D eigenvalue weighted by atomic mass is 10.0. The van der Waals surface area contributed by atoms with Crippen LogP contribution in [0.25, 0.3) is 11.3 Å². The average Bonchev–Trinajstić information content (AvgIpc) is 3.51. The van der Waals surface area contributed by atoms with Crippen LogP contribution in [0.1, 0.15) is 54.1 Å². The maximum absolute atomic E-state index is 14.5. The molecule has 7 nitrogen and oxygen atoms in total. The summed E-state index contributed by atoms with van der Waals surface area (Å²) in [5.41, 5.74) is -0.104. The standard InChI is InChI=1S/C21H17F3N6O/c22-17-8-12(3-6-15(17)18(31)2-1-7-25)19-16(20(23)24)10-26-21(29-19)28-13-9-27-30(11-13)14-4-5-14/h3,6,8-11,14,20H,1-2,4-5H2,(H,26,28,29). The zero-order valence-electron chi connectivity index (χ0n) is 16.2. The number of halogens is 3. The minimum absolute atomic E-state index is 0.0339. The number of aromatic nitrogens is 4. The van der Waals surface area contributed by atoms with Crippen LogP contribution >= 0.6 is 0 Å². The number of carbonyl (C=O) groups is 1. The Labute approximate surface area is 175 Å². The molecule has 3 aromatic rings. The van der Waals surface area contributed by atoms with Gasteiger partial charge in [0, 0.05) is 30.8 Å². The molecule has 1 aromatic carbocycles. The molecule has 158 valence electrons. The monoisotopic (exact) mass is 426 g/mol. The van der Waals surface area contributed by atoms with E-state index >= 15 is 0 Å². The number of carbonyl (C=O) groups excluding carboxylic acids is 1. The lowest BCUT2D eigenvalue weighted by Gasteiger charge is -2.11. The summed E-state index contributed by atoms with van der Waals surface area (Å²) in [5, 5.41) is 15.7. The Morgan fingerprint density at radius 1 is 1.32 bits per heavy atom. The van der Waals surface area contributed by atoms with Crippen LogP contribution in [0.5, 0.6) is 0 Å². The maximum Gasteiger partial charge on any atom is 0.267 e. The van der Waals surface area contributed by atoms with Crippen molar-refractivity contribution in [2.24, 2.45) is 0 Å². The van der Waals surface area contributed by atoms with E-state index in [1.807, 2.05) is 10.8 Å². The first kappa shape index (κ1) is 20.5. The molecule has 1 saturated carbocycles. The quantitative estimate of drug-likeness (QED) is 0.510. The number of hydrogen-bond acceptors (Lipinski definition) is 6. The Hall–Kier alpha value is -3.74. The number of nitrogens with one attached hydrogen (secondary N) is 1. The molecule has 31 heavy (non-hydrogen) atoms. The molecule has 0 spiro atoms. The summed E-state index contributed by atoms with van der Waals surface area (Å²) >= 11 is 0. The summed E-state index contributed by atoms with van der Waals surface area (Å²) in [6.07, 6.45) is 3.45. The van der Waals surface area contributed by atoms with Gasteiger partial charge in [-0.25, -0.2) is 23.1 Å². The lowest BCUT2D eigenvalue weighted by Crippen LogP contribution is -2.05. The highest BCUT2D eigenvalue weighted by atomic mass is 19.3. The van der Waals surface area contributed by atoms with E-state index in [1.165, 1.54) is 12.1 Å². The molecule has 1 aliphatic carbocycles. The van der Waals surface area contributed by atoms with Crippen molar-refractivity contribution in [3.05, 3.63) is 53.7 Å². The van der Waals surface area contributed by atoms with E-state index in [4.69, 9.17) is 5.26 Å². The van der Waals surface area contributed by atoms with Crippen LogP contribution in [0.4, 0.5) is 24.8 Å². The van der Waals surface area contributed by atoms with Crippen molar-refractivity contribution in [2.45, 2.75) is 38.2 Å². The number of anilines is 2. The van der Waals surface area contributed by atoms with Crippen LogP contribution in [0.15, 0.2) is 36.8 Å². The molecular formula is C21H17F3N6O. The highest BCUT2D eigenvalue weighted by Crippen LogP contribution is 2.35. The fraction of sp³-hybridized carbons (Fsp3) is 0.286. The smallest absolute Gasteiger partial charge is 0.267 e. The molecular weight excluding hydrogens is 409 g/mol. The summed E-state index contributed by atoms with van der Waals surface area (Å²) in [6, 6.07) is 5.76. The van der Waals surface area contributed by atoms with Crippen molar-refractivity contribution < 1.29 is 18.0 Å². The second-order valence-electron chi connectivity index (χ2n) is 7.14. The second kappa shape index (κ2) is 8.55. The van der Waals surface area contributed by atoms with Gasteiger partial charge in [-0.05, 0) is 25.0 Å². The van der Waals surface area contributed by atoms with Gasteiger partial charge in [-0.3, -0.25) is 9.48 Å². The van der Waals surface area contributed by atoms with E-state index in [1.54, 1.807) is 12.4 Å². The normalized spacial score (nSPS) is 13.3. The predicted molar refractivity (Wildman–Crippen MR) is 105 cm³/mol. The highest BCUT2D eigenvalue weighted by molar-refractivity contribution is 5.96. The molecule has 1 aliphatic rings. The Kier molecular flexibility index (Phi) is 5.66. The molecule has 0 unspecified atom stereocenters. The SMILES string of the molecule is N#CCCC(=O)c1ccc(-c2nc(Nc3cnn(C4CC4)c3)ncc2C(F)F)cc1F. The average molecular weight is 426 g/mol. The third kappa shape index (κ3) is 4.55. The number of Topliss-reactive ketones (excluding diaryl/α,β-unsaturated/α-hetero) is 1. The largest absolute Gasteiger partial charge is 0.321 e. The number of ketones is 1. The van der Waals surface area contributed by atoms with Crippen LogP contribution in [-0.4, -0.2) is 25.5 Å². The highest BCUT2D eigenvalue weighted by Gasteiger charge is 2.24. The summed E-state index contributed by atoms with van der Waals surface area (Å²) in [5.74, 6) is -1.33. The van der Waals surface area contributed by atoms with E-state index in [0.29, 0.717) is 11.7 Å². The number of alkyl halides is 2. The zero-order valence-corrected chi connectivity index (χ0v) is 16.2. The number of nitrogens with zero attached hydrogens (tertiary/aromatic N) is 5. The Bertz CT molecular complexity index is 1170. The molecule has 4 rings (SSSR count). The molecule has 2 aromatic heterocycles. The molecule has 0 radical (unpaired) electrons. The van der Waals surface area contributed by atoms with Gasteiger partial charge in [0.15, 0.2) is 5.78 Å². The number of benzene rings is 1. The predicted octanol–water partition coefficient (Wildman–Crippen LogP) is 4.98. The number of rotatable bonds is 8. The van der Waals surface area contributed by atoms with Crippen molar-refractivity contribution in [1.29, 1.82) is 5.26 Å². The van der Waals surface area contributed by atoms with Crippen molar-refractivity contribution >= 4 is 17.4 Å². The van der Waals surface area contributed by atoms with Crippen molar-refractivity contribution in [3.8, 4) is 17.3 Å². The van der Waals surface area contributed by atoms with Crippen LogP contribution in [-0.2, 0) is 0 Å². The van der Waals surface area contributed by atoms with Crippen molar-refractivity contribution in [1.82, 2.24) is 19.7 Å². The molecule has 0 saturated heterocycles. The molecule has 2 heterocycles. The van der Waals surface area contributed by atoms with Crippen molar-refractivity contribution in [3.63, 3.8) is 0 Å². The van der Waals surface area contributed by atoms with E-state index in [0.717, 1.165) is 25.1 Å². The topological polar surface area (TPSA) is 96.5 Å². The summed E-state index contributed by atoms with van der Waals surface area (Å²) in [4.78, 5) is 20.1. The first-order valence-electron chi connectivity index (χ1n) is 9.62. The lowest BCUT2D eigenvalue weighted by molar-refractivity contribution is 0.0980. The van der Waals surface area contributed by atoms with E-state index in [-0.39, 0.29) is 35.6 Å². The van der Waals surface area contributed by atoms with Gasteiger partial charge < -0.3 is 5.32 Å². The van der Waals surface area contributed by atoms with E-state index in [2.05, 4.69) is 20.4 Å². The second-order valence-corrected chi connectivity index (χ2v) is 7.14. The molecule has 0 bridgehead atoms. The van der Waals surface area contributed by atoms with E-state index in [9.17, 15) is 18.0 Å². The van der Waals surface area contributed by atoms with Gasteiger partial charge >= 0.3 is 0 Å². The zero-order chi connectivity index (χ0) is 22.0. The molecule has 1 N–H and O–H groups in total. The molecule has 1 fully saturated rings. The summed E-state index contributed by atoms with van der Waals surface area (Å²) < 4.78 is 43.4. The Morgan fingerprint density at radius 3 is 2.81 bits per heavy atom. The minimum atomic E-state index is -2.87. The van der Waals surface area contributed by atoms with Crippen LogP contribution in [0, 0.1) is 17.1 Å². The molecule has 0 amide bonds. The van der Waals surface area contributed by atoms with Crippen LogP contribution in [0.3, 0.4) is 0 Å². The van der Waals surface area contributed by atoms with Gasteiger partial charge in [0.1, 0.15) is 5.82 Å². The molecule has 0 atom stereocenters. The van der Waals surface area contributed by atoms with Crippen molar-refractivity contribution in [2.75, 3.05) is 5.32 Å². The fourth-order valence-electron chi connectivity index (χ4n) is 3.11. The molecule has 10 heteroatoms. The number of hydrogen-bond donors (Lipinski definition) is 1. The summed E-state index contributed by atoms with van der Waals surface area (Å²) in [7, 11) is 0. The number of nitriles is 1. The third-order valence-electron chi connectivity index (χ3n) is 4.84. The van der Waals surface area contributed by atoms with Gasteiger partial charge in [0.25, 0.3) is 6.43 Å².